The molecular weight excluding hydrogens is 637 g/mol. The molecule has 9 aromatic rings. The molecule has 5 nitrogen and oxygen atoms in total. The van der Waals surface area contributed by atoms with Crippen LogP contribution in [0.4, 0.5) is 0 Å². The van der Waals surface area contributed by atoms with Crippen molar-refractivity contribution in [2.45, 2.75) is 19.8 Å². The first kappa shape index (κ1) is 31.3. The van der Waals surface area contributed by atoms with E-state index in [-0.39, 0.29) is 5.92 Å². The van der Waals surface area contributed by atoms with Crippen molar-refractivity contribution in [3.63, 3.8) is 0 Å². The van der Waals surface area contributed by atoms with Gasteiger partial charge in [0.1, 0.15) is 0 Å². The van der Waals surface area contributed by atoms with Crippen molar-refractivity contribution in [2.75, 3.05) is 0 Å². The normalized spacial score (nSPS) is 11.4. The Morgan fingerprint density at radius 2 is 1.00 bits per heavy atom. The van der Waals surface area contributed by atoms with E-state index in [1.54, 1.807) is 0 Å². The lowest BCUT2D eigenvalue weighted by molar-refractivity contribution is 0.481. The van der Waals surface area contributed by atoms with Crippen molar-refractivity contribution >= 4 is 21.5 Å². The monoisotopic (exact) mass is 670 g/mol. The first-order valence-corrected chi connectivity index (χ1v) is 17.6. The van der Waals surface area contributed by atoms with E-state index in [0.717, 1.165) is 55.5 Å². The van der Waals surface area contributed by atoms with E-state index < -0.39 is 0 Å². The molecule has 0 aliphatic heterocycles. The molecule has 248 valence electrons. The van der Waals surface area contributed by atoms with Crippen LogP contribution in [0.25, 0.3) is 89.2 Å². The van der Waals surface area contributed by atoms with Crippen LogP contribution in [0.2, 0.25) is 0 Å². The predicted molar refractivity (Wildman–Crippen MR) is 212 cm³/mol. The fraction of sp³-hybridized carbons (Fsp3) is 0.0638. The zero-order chi connectivity index (χ0) is 35.0. The lowest BCUT2D eigenvalue weighted by Gasteiger charge is -2.11. The number of fused-ring (bicyclic) bond motifs is 2. The van der Waals surface area contributed by atoms with E-state index in [4.69, 9.17) is 14.4 Å². The highest BCUT2D eigenvalue weighted by atomic mass is 16.4. The minimum atomic E-state index is 0.192. The third kappa shape index (κ3) is 6.03. The van der Waals surface area contributed by atoms with Crippen LogP contribution in [0.1, 0.15) is 25.7 Å². The van der Waals surface area contributed by atoms with Gasteiger partial charge in [0.15, 0.2) is 5.82 Å². The zero-order valence-electron chi connectivity index (χ0n) is 28.9. The molecule has 0 bridgehead atoms. The molecule has 0 saturated carbocycles. The number of hydrogen-bond donors (Lipinski definition) is 0. The topological polar surface area (TPSA) is 64.7 Å². The maximum absolute atomic E-state index is 5.89. The molecule has 7 aromatic carbocycles. The fourth-order valence-electron chi connectivity index (χ4n) is 6.73. The van der Waals surface area contributed by atoms with Crippen LogP contribution in [0.3, 0.4) is 0 Å². The molecule has 0 atom stereocenters. The van der Waals surface area contributed by atoms with Crippen LogP contribution in [0.5, 0.6) is 0 Å². The van der Waals surface area contributed by atoms with Crippen molar-refractivity contribution in [1.82, 2.24) is 20.2 Å². The number of aromatic nitrogens is 4. The summed E-state index contributed by atoms with van der Waals surface area (Å²) in [7, 11) is 0. The minimum Gasteiger partial charge on any atom is -0.420 e. The average molecular weight is 671 g/mol. The number of nitrogens with zero attached hydrogens (tertiary/aromatic N) is 4. The largest absolute Gasteiger partial charge is 0.420 e. The van der Waals surface area contributed by atoms with Crippen molar-refractivity contribution in [2.24, 2.45) is 0 Å². The van der Waals surface area contributed by atoms with Crippen molar-refractivity contribution in [3.8, 4) is 67.6 Å². The molecular formula is C47H34N4O. The third-order valence-electron chi connectivity index (χ3n) is 9.58. The molecule has 2 heterocycles. The molecule has 2 aromatic heterocycles. The molecule has 0 spiro atoms. The molecule has 0 unspecified atom stereocenters. The van der Waals surface area contributed by atoms with Gasteiger partial charge in [0.2, 0.25) is 11.8 Å². The van der Waals surface area contributed by atoms with Gasteiger partial charge in [-0.2, -0.15) is 0 Å². The summed E-state index contributed by atoms with van der Waals surface area (Å²) in [4.78, 5) is 10.1. The molecule has 0 aliphatic carbocycles. The highest BCUT2D eigenvalue weighted by Gasteiger charge is 2.14. The number of benzene rings is 7. The van der Waals surface area contributed by atoms with Crippen LogP contribution in [0, 0.1) is 0 Å². The van der Waals surface area contributed by atoms with E-state index in [1.165, 1.54) is 21.9 Å². The molecule has 0 saturated heterocycles. The molecule has 0 N–H and O–H groups in total. The number of rotatable bonds is 7. The second-order valence-electron chi connectivity index (χ2n) is 13.4. The lowest BCUT2D eigenvalue weighted by atomic mass is 9.96. The average Bonchev–Trinajstić information content (AvgIpc) is 3.72. The van der Waals surface area contributed by atoms with Crippen molar-refractivity contribution < 1.29 is 4.42 Å². The Bertz CT molecular complexity index is 2690. The highest BCUT2D eigenvalue weighted by molar-refractivity contribution is 5.97. The van der Waals surface area contributed by atoms with Gasteiger partial charge in [0, 0.05) is 28.2 Å². The molecule has 52 heavy (non-hydrogen) atoms. The summed E-state index contributed by atoms with van der Waals surface area (Å²) < 4.78 is 5.89. The summed E-state index contributed by atoms with van der Waals surface area (Å²) in [6, 6.07) is 57.4. The Kier molecular flexibility index (Phi) is 7.94. The zero-order valence-corrected chi connectivity index (χ0v) is 28.9. The van der Waals surface area contributed by atoms with Crippen molar-refractivity contribution in [1.29, 1.82) is 0 Å². The maximum Gasteiger partial charge on any atom is 0.247 e. The van der Waals surface area contributed by atoms with Crippen LogP contribution in [-0.4, -0.2) is 20.2 Å². The minimum absolute atomic E-state index is 0.192. The Labute approximate surface area is 302 Å². The van der Waals surface area contributed by atoms with Gasteiger partial charge < -0.3 is 4.42 Å². The van der Waals surface area contributed by atoms with Crippen LogP contribution in [-0.2, 0) is 0 Å². The lowest BCUT2D eigenvalue weighted by Crippen LogP contribution is -1.96. The van der Waals surface area contributed by atoms with Crippen LogP contribution < -0.4 is 0 Å². The smallest absolute Gasteiger partial charge is 0.247 e. The van der Waals surface area contributed by atoms with Gasteiger partial charge in [0.25, 0.3) is 0 Å². The second-order valence-corrected chi connectivity index (χ2v) is 13.4. The van der Waals surface area contributed by atoms with Gasteiger partial charge in [-0.3, -0.25) is 0 Å². The Hall–Kier alpha value is -6.72. The van der Waals surface area contributed by atoms with E-state index in [0.29, 0.717) is 17.6 Å². The molecule has 0 amide bonds. The Morgan fingerprint density at radius 3 is 1.69 bits per heavy atom. The Morgan fingerprint density at radius 1 is 0.423 bits per heavy atom. The van der Waals surface area contributed by atoms with E-state index in [1.807, 2.05) is 38.1 Å². The summed E-state index contributed by atoms with van der Waals surface area (Å²) >= 11 is 0. The SMILES string of the molecule is CC(C)c1nnc(-c2ccc3cc(-c4ccc(-c5cc(-c6ccc(-c7cccc8ccccc78)cc6)nc(-c6ccccc6)n5)cc4)ccc3c2)o1. The summed E-state index contributed by atoms with van der Waals surface area (Å²) in [5.41, 5.74) is 10.4. The van der Waals surface area contributed by atoms with E-state index in [9.17, 15) is 0 Å². The third-order valence-corrected chi connectivity index (χ3v) is 9.58. The predicted octanol–water partition coefficient (Wildman–Crippen LogP) is 12.3. The van der Waals surface area contributed by atoms with Gasteiger partial charge in [-0.05, 0) is 68.1 Å². The first-order chi connectivity index (χ1) is 25.6. The molecule has 0 aliphatic rings. The van der Waals surface area contributed by atoms with Gasteiger partial charge in [-0.1, -0.05) is 153 Å². The molecule has 0 fully saturated rings. The van der Waals surface area contributed by atoms with Crippen molar-refractivity contribution in [3.05, 3.63) is 170 Å². The molecule has 5 heteroatoms. The summed E-state index contributed by atoms with van der Waals surface area (Å²) in [5, 5.41) is 13.2. The summed E-state index contributed by atoms with van der Waals surface area (Å²) in [6.45, 7) is 4.09. The quantitative estimate of drug-likeness (QED) is 0.169. The van der Waals surface area contributed by atoms with Gasteiger partial charge in [0.05, 0.1) is 11.4 Å². The second kappa shape index (κ2) is 13.2. The first-order valence-electron chi connectivity index (χ1n) is 17.6. The van der Waals surface area contributed by atoms with E-state index in [2.05, 4.69) is 150 Å². The van der Waals surface area contributed by atoms with Crippen LogP contribution in [0.15, 0.2) is 168 Å². The van der Waals surface area contributed by atoms with Gasteiger partial charge in [-0.25, -0.2) is 9.97 Å². The van der Waals surface area contributed by atoms with Gasteiger partial charge in [-0.15, -0.1) is 10.2 Å². The molecule has 9 rings (SSSR count). The van der Waals surface area contributed by atoms with Crippen LogP contribution >= 0.6 is 0 Å². The maximum atomic E-state index is 5.89. The Balaban J connectivity index is 1.03. The highest BCUT2D eigenvalue weighted by Crippen LogP contribution is 2.34. The standard InChI is InChI=1S/C47H34N4O/c1-30(2)46-50-51-47(52-46)40-26-25-38-27-37(23-24-39(38)28-40)31-15-19-34(20-16-31)43-29-44(49-45(48-43)36-10-4-3-5-11-36)35-21-17-33(18-22-35)42-14-8-12-32-9-6-7-13-41(32)42/h3-30H,1-2H3. The summed E-state index contributed by atoms with van der Waals surface area (Å²) in [5.74, 6) is 2.09. The van der Waals surface area contributed by atoms with E-state index >= 15 is 0 Å². The summed E-state index contributed by atoms with van der Waals surface area (Å²) in [6.07, 6.45) is 0. The number of hydrogen-bond acceptors (Lipinski definition) is 5. The van der Waals surface area contributed by atoms with Gasteiger partial charge >= 0.3 is 0 Å². The fourth-order valence-corrected chi connectivity index (χ4v) is 6.73. The molecule has 0 radical (unpaired) electrons.